The second kappa shape index (κ2) is 5.38. The highest BCUT2D eigenvalue weighted by Crippen LogP contribution is 2.32. The van der Waals surface area contributed by atoms with Crippen LogP contribution in [0.1, 0.15) is 0 Å². The maximum atomic E-state index is 5.91. The molecule has 0 aliphatic heterocycles. The van der Waals surface area contributed by atoms with Gasteiger partial charge in [0, 0.05) is 0 Å². The standard InChI is InChI=1S/C12H13N7OS/c1-20-6-2-3-7-8(4-6)21-12(17-7)18-10-9(13)11(19-14)16-5-15-10/h2-5H,13-14H2,1H3,(H2,15,16,17,18,19). The first kappa shape index (κ1) is 13.3. The van der Waals surface area contributed by atoms with Gasteiger partial charge in [0.15, 0.2) is 16.8 Å². The zero-order valence-corrected chi connectivity index (χ0v) is 11.9. The van der Waals surface area contributed by atoms with Gasteiger partial charge in [-0.05, 0) is 18.2 Å². The van der Waals surface area contributed by atoms with Crippen LogP contribution in [-0.2, 0) is 0 Å². The van der Waals surface area contributed by atoms with Crippen molar-refractivity contribution < 1.29 is 4.74 Å². The number of hydrazine groups is 1. The van der Waals surface area contributed by atoms with E-state index in [0.717, 1.165) is 16.0 Å². The lowest BCUT2D eigenvalue weighted by Crippen LogP contribution is -2.12. The van der Waals surface area contributed by atoms with E-state index in [-0.39, 0.29) is 0 Å². The van der Waals surface area contributed by atoms with Gasteiger partial charge in [-0.1, -0.05) is 11.3 Å². The number of nitrogens with one attached hydrogen (secondary N) is 2. The molecule has 0 amide bonds. The molecule has 0 saturated carbocycles. The first-order valence-electron chi connectivity index (χ1n) is 6.00. The molecule has 2 aromatic heterocycles. The molecule has 0 atom stereocenters. The molecule has 0 aliphatic rings. The number of fused-ring (bicyclic) bond motifs is 1. The molecule has 0 bridgehead atoms. The first-order valence-corrected chi connectivity index (χ1v) is 6.81. The molecule has 6 N–H and O–H groups in total. The molecule has 0 radical (unpaired) electrons. The Hall–Kier alpha value is -2.65. The SMILES string of the molecule is COc1ccc2nc(Nc3ncnc(NN)c3N)sc2c1. The second-order valence-electron chi connectivity index (χ2n) is 4.11. The van der Waals surface area contributed by atoms with Crippen molar-refractivity contribution >= 4 is 44.0 Å². The maximum absolute atomic E-state index is 5.91. The van der Waals surface area contributed by atoms with Gasteiger partial charge >= 0.3 is 0 Å². The molecule has 3 aromatic rings. The number of thiazole rings is 1. The lowest BCUT2D eigenvalue weighted by molar-refractivity contribution is 0.415. The summed E-state index contributed by atoms with van der Waals surface area (Å²) in [7, 11) is 1.63. The Bertz CT molecular complexity index is 788. The predicted octanol–water partition coefficient (Wildman–Crippen LogP) is 1.71. The van der Waals surface area contributed by atoms with Crippen molar-refractivity contribution in [3.63, 3.8) is 0 Å². The summed E-state index contributed by atoms with van der Waals surface area (Å²) in [5, 5.41) is 3.74. The van der Waals surface area contributed by atoms with Gasteiger partial charge in [-0.3, -0.25) is 0 Å². The lowest BCUT2D eigenvalue weighted by Gasteiger charge is -2.08. The monoisotopic (exact) mass is 303 g/mol. The van der Waals surface area contributed by atoms with Crippen molar-refractivity contribution in [1.82, 2.24) is 15.0 Å². The highest BCUT2D eigenvalue weighted by Gasteiger charge is 2.10. The molecule has 9 heteroatoms. The Balaban J connectivity index is 1.95. The zero-order valence-electron chi connectivity index (χ0n) is 11.1. The van der Waals surface area contributed by atoms with Crippen molar-refractivity contribution in [1.29, 1.82) is 0 Å². The van der Waals surface area contributed by atoms with E-state index in [4.69, 9.17) is 16.3 Å². The quantitative estimate of drug-likeness (QED) is 0.424. The highest BCUT2D eigenvalue weighted by molar-refractivity contribution is 7.22. The molecule has 3 rings (SSSR count). The molecule has 2 heterocycles. The van der Waals surface area contributed by atoms with E-state index in [1.807, 2.05) is 18.2 Å². The summed E-state index contributed by atoms with van der Waals surface area (Å²) < 4.78 is 6.20. The minimum atomic E-state index is 0.330. The molecule has 0 aliphatic carbocycles. The number of aromatic nitrogens is 3. The van der Waals surface area contributed by atoms with Gasteiger partial charge in [0.25, 0.3) is 0 Å². The van der Waals surface area contributed by atoms with Crippen LogP contribution in [-0.4, -0.2) is 22.1 Å². The molecular formula is C12H13N7OS. The van der Waals surface area contributed by atoms with Crippen LogP contribution >= 0.6 is 11.3 Å². The van der Waals surface area contributed by atoms with Crippen molar-refractivity contribution in [3.05, 3.63) is 24.5 Å². The van der Waals surface area contributed by atoms with Crippen molar-refractivity contribution in [2.75, 3.05) is 23.6 Å². The van der Waals surface area contributed by atoms with Crippen molar-refractivity contribution in [2.45, 2.75) is 0 Å². The van der Waals surface area contributed by atoms with Crippen molar-refractivity contribution in [2.24, 2.45) is 5.84 Å². The molecule has 0 unspecified atom stereocenters. The molecule has 0 fully saturated rings. The Labute approximate surface area is 124 Å². The van der Waals surface area contributed by atoms with Crippen LogP contribution in [0.25, 0.3) is 10.2 Å². The molecule has 1 aromatic carbocycles. The Kier molecular flexibility index (Phi) is 3.42. The van der Waals surface area contributed by atoms with Gasteiger partial charge in [-0.25, -0.2) is 20.8 Å². The van der Waals surface area contributed by atoms with E-state index >= 15 is 0 Å². The number of ether oxygens (including phenoxy) is 1. The number of hydrogen-bond acceptors (Lipinski definition) is 9. The van der Waals surface area contributed by atoms with Gasteiger partial charge in [0.2, 0.25) is 0 Å². The maximum Gasteiger partial charge on any atom is 0.189 e. The molecule has 8 nitrogen and oxygen atoms in total. The topological polar surface area (TPSA) is 124 Å². The average Bonchev–Trinajstić information content (AvgIpc) is 2.90. The van der Waals surface area contributed by atoms with Crippen LogP contribution in [0, 0.1) is 0 Å². The minimum Gasteiger partial charge on any atom is -0.497 e. The largest absolute Gasteiger partial charge is 0.497 e. The summed E-state index contributed by atoms with van der Waals surface area (Å²) in [6, 6.07) is 5.68. The number of nitrogen functional groups attached to an aromatic ring is 2. The van der Waals surface area contributed by atoms with Gasteiger partial charge in [-0.2, -0.15) is 0 Å². The Morgan fingerprint density at radius 2 is 2.05 bits per heavy atom. The summed E-state index contributed by atoms with van der Waals surface area (Å²) in [4.78, 5) is 12.5. The summed E-state index contributed by atoms with van der Waals surface area (Å²) >= 11 is 1.47. The molecule has 0 saturated heterocycles. The summed E-state index contributed by atoms with van der Waals surface area (Å²) in [6.07, 6.45) is 1.37. The number of methoxy groups -OCH3 is 1. The van der Waals surface area contributed by atoms with Crippen LogP contribution in [0.5, 0.6) is 5.75 Å². The van der Waals surface area contributed by atoms with Crippen LogP contribution in [0.3, 0.4) is 0 Å². The number of hydrogen-bond donors (Lipinski definition) is 4. The fraction of sp³-hybridized carbons (Fsp3) is 0.0833. The van der Waals surface area contributed by atoms with E-state index in [2.05, 4.69) is 25.7 Å². The summed E-state index contributed by atoms with van der Waals surface area (Å²) in [5.41, 5.74) is 9.52. The van der Waals surface area contributed by atoms with Crippen LogP contribution in [0.4, 0.5) is 22.5 Å². The lowest BCUT2D eigenvalue weighted by atomic mass is 10.3. The van der Waals surface area contributed by atoms with Gasteiger partial charge in [-0.15, -0.1) is 0 Å². The highest BCUT2D eigenvalue weighted by atomic mass is 32.1. The summed E-state index contributed by atoms with van der Waals surface area (Å²) in [6.45, 7) is 0. The third kappa shape index (κ3) is 2.51. The minimum absolute atomic E-state index is 0.330. The first-order chi connectivity index (χ1) is 10.2. The number of benzene rings is 1. The number of nitrogens with zero attached hydrogens (tertiary/aromatic N) is 3. The van der Waals surface area contributed by atoms with Gasteiger partial charge < -0.3 is 21.2 Å². The van der Waals surface area contributed by atoms with Gasteiger partial charge in [0.05, 0.1) is 17.3 Å². The Morgan fingerprint density at radius 1 is 1.24 bits per heavy atom. The molecule has 108 valence electrons. The average molecular weight is 303 g/mol. The smallest absolute Gasteiger partial charge is 0.189 e. The second-order valence-corrected chi connectivity index (χ2v) is 5.14. The van der Waals surface area contributed by atoms with Crippen LogP contribution in [0.2, 0.25) is 0 Å². The van der Waals surface area contributed by atoms with Crippen LogP contribution < -0.4 is 27.1 Å². The van der Waals surface area contributed by atoms with Gasteiger partial charge in [0.1, 0.15) is 17.8 Å². The van der Waals surface area contributed by atoms with Crippen molar-refractivity contribution in [3.8, 4) is 5.75 Å². The molecule has 0 spiro atoms. The van der Waals surface area contributed by atoms with Crippen LogP contribution in [0.15, 0.2) is 24.5 Å². The van der Waals surface area contributed by atoms with E-state index in [9.17, 15) is 0 Å². The fourth-order valence-corrected chi connectivity index (χ4v) is 2.69. The van der Waals surface area contributed by atoms with E-state index < -0.39 is 0 Å². The third-order valence-corrected chi connectivity index (χ3v) is 3.78. The number of nitrogens with two attached hydrogens (primary N) is 2. The fourth-order valence-electron chi connectivity index (χ4n) is 1.80. The molecule has 21 heavy (non-hydrogen) atoms. The van der Waals surface area contributed by atoms with E-state index in [1.165, 1.54) is 17.7 Å². The van der Waals surface area contributed by atoms with E-state index in [1.54, 1.807) is 7.11 Å². The predicted molar refractivity (Wildman–Crippen MR) is 83.7 cm³/mol. The Morgan fingerprint density at radius 3 is 2.81 bits per heavy atom. The normalized spacial score (nSPS) is 10.6. The zero-order chi connectivity index (χ0) is 14.8. The molecular weight excluding hydrogens is 290 g/mol. The third-order valence-electron chi connectivity index (χ3n) is 2.84. The number of anilines is 4. The number of rotatable bonds is 4. The van der Waals surface area contributed by atoms with E-state index in [0.29, 0.717) is 22.5 Å². The summed E-state index contributed by atoms with van der Waals surface area (Å²) in [5.74, 6) is 6.92.